The minimum atomic E-state index is -9.32. The fraction of sp³-hybridized carbons (Fsp3) is 0. The molecule has 4 aromatic rings. The Morgan fingerprint density at radius 3 is 0.356 bits per heavy atom. The maximum absolute atomic E-state index is 15.4. The van der Waals surface area contributed by atoms with Gasteiger partial charge in [0.25, 0.3) is 0 Å². The molecule has 21 heteroatoms. The fourth-order valence-electron chi connectivity index (χ4n) is 3.87. The van der Waals surface area contributed by atoms with Crippen molar-refractivity contribution in [3.05, 3.63) is 131 Å². The average Bonchev–Trinajstić information content (AvgIpc) is 3.00. The molecule has 0 saturated carbocycles. The molecule has 0 heterocycles. The molecule has 0 aromatic heterocycles. The molecule has 0 nitrogen and oxygen atoms in total. The van der Waals surface area contributed by atoms with Crippen LogP contribution in [0.4, 0.5) is 87.8 Å². The third kappa shape index (κ3) is 4.35. The number of hydrogen-bond acceptors (Lipinski definition) is 0. The molecule has 0 aliphatic heterocycles. The molecule has 0 radical (unpaired) electrons. The molecule has 45 heavy (non-hydrogen) atoms. The number of benzene rings is 4. The Morgan fingerprint density at radius 2 is 0.244 bits per heavy atom. The second-order valence-corrected chi connectivity index (χ2v) is 15.7. The normalized spacial score (nSPS) is 12.4. The van der Waals surface area contributed by atoms with Gasteiger partial charge in [0.1, 0.15) is 0 Å². The summed E-state index contributed by atoms with van der Waals surface area (Å²) in [4.78, 5) is 0. The monoisotopic (exact) mass is 795 g/mol. The van der Waals surface area contributed by atoms with E-state index in [4.69, 9.17) is 0 Å². The first-order valence-corrected chi connectivity index (χ1v) is 14.9. The topological polar surface area (TPSA) is 0 Å². The van der Waals surface area contributed by atoms with Crippen molar-refractivity contribution < 1.29 is 106 Å². The van der Waals surface area contributed by atoms with Gasteiger partial charge in [0, 0.05) is 0 Å². The van der Waals surface area contributed by atoms with Crippen LogP contribution in [0.25, 0.3) is 0 Å². The van der Waals surface area contributed by atoms with E-state index in [1.54, 1.807) is 0 Å². The summed E-state index contributed by atoms with van der Waals surface area (Å²) in [5, 5.41) is 0. The second-order valence-electron chi connectivity index (χ2n) is 8.10. The summed E-state index contributed by atoms with van der Waals surface area (Å²) in [7, 11) is 0. The molecule has 0 spiro atoms. The average molecular weight is 795 g/mol. The summed E-state index contributed by atoms with van der Waals surface area (Å²) in [6.45, 7) is 0. The van der Waals surface area contributed by atoms with E-state index < -0.39 is 149 Å². The van der Waals surface area contributed by atoms with E-state index in [-0.39, 0.29) is 0 Å². The molecular weight excluding hydrogens is 795 g/mol. The van der Waals surface area contributed by atoms with E-state index >= 15 is 35.1 Å². The van der Waals surface area contributed by atoms with Crippen LogP contribution >= 0.6 is 0 Å². The Kier molecular flexibility index (Phi) is 8.50. The van der Waals surface area contributed by atoms with Gasteiger partial charge in [-0.05, 0) is 0 Å². The van der Waals surface area contributed by atoms with Gasteiger partial charge in [0.2, 0.25) is 0 Å². The first-order valence-electron chi connectivity index (χ1n) is 10.5. The Hall–Kier alpha value is -3.79. The van der Waals surface area contributed by atoms with Gasteiger partial charge in [-0.15, -0.1) is 0 Å². The Morgan fingerprint density at radius 1 is 0.156 bits per heavy atom. The molecule has 242 valence electrons. The third-order valence-corrected chi connectivity index (χ3v) is 16.0. The van der Waals surface area contributed by atoms with E-state index in [0.29, 0.717) is 0 Å². The van der Waals surface area contributed by atoms with Crippen LogP contribution in [0.1, 0.15) is 0 Å². The van der Waals surface area contributed by atoms with Crippen molar-refractivity contribution in [2.24, 2.45) is 0 Å². The third-order valence-electron chi connectivity index (χ3n) is 5.76. The summed E-state index contributed by atoms with van der Waals surface area (Å²) >= 11 is -9.32. The van der Waals surface area contributed by atoms with Crippen molar-refractivity contribution in [3.8, 4) is 0 Å². The van der Waals surface area contributed by atoms with Crippen molar-refractivity contribution in [3.63, 3.8) is 0 Å². The first-order chi connectivity index (χ1) is 20.7. The van der Waals surface area contributed by atoms with Crippen molar-refractivity contribution in [1.29, 1.82) is 0 Å². The van der Waals surface area contributed by atoms with E-state index in [1.807, 2.05) is 0 Å². The van der Waals surface area contributed by atoms with Gasteiger partial charge in [-0.25, -0.2) is 0 Å². The van der Waals surface area contributed by atoms with Gasteiger partial charge < -0.3 is 0 Å². The van der Waals surface area contributed by atoms with E-state index in [9.17, 15) is 52.7 Å². The van der Waals surface area contributed by atoms with Crippen LogP contribution in [0.15, 0.2) is 0 Å². The van der Waals surface area contributed by atoms with Crippen LogP contribution in [0.3, 0.4) is 0 Å². The minimum absolute atomic E-state index is 3.32. The predicted octanol–water partition coefficient (Wildman–Crippen LogP) is 5.41. The van der Waals surface area contributed by atoms with E-state index in [1.165, 1.54) is 0 Å². The molecule has 0 aliphatic carbocycles. The number of rotatable bonds is 4. The summed E-state index contributed by atoms with van der Waals surface area (Å²) in [5.74, 6) is -70.7. The first kappa shape index (κ1) is 34.1. The zero-order chi connectivity index (χ0) is 34.4. The molecule has 4 aromatic carbocycles. The molecule has 0 atom stereocenters. The molecule has 0 amide bonds. The number of hydrogen-bond donors (Lipinski definition) is 0. The van der Waals surface area contributed by atoms with E-state index in [2.05, 4.69) is 0 Å². The van der Waals surface area contributed by atoms with Crippen molar-refractivity contribution in [1.82, 2.24) is 0 Å². The number of halogens is 21. The summed E-state index contributed by atoms with van der Waals surface area (Å²) < 4.78 is 281. The van der Waals surface area contributed by atoms with Gasteiger partial charge in [-0.3, -0.25) is 0 Å². The Labute approximate surface area is 237 Å². The zero-order valence-corrected chi connectivity index (χ0v) is 22.1. The van der Waals surface area contributed by atoms with Crippen molar-refractivity contribution >= 4 is 0 Å². The molecular formula is C24F20I+. The summed E-state index contributed by atoms with van der Waals surface area (Å²) in [6.07, 6.45) is 0. The van der Waals surface area contributed by atoms with Crippen LogP contribution in [0.2, 0.25) is 0 Å². The van der Waals surface area contributed by atoms with Crippen molar-refractivity contribution in [2.75, 3.05) is 0 Å². The Balaban J connectivity index is 2.69. The molecule has 0 N–H and O–H groups in total. The van der Waals surface area contributed by atoms with Crippen LogP contribution < -0.4 is 18.4 Å². The predicted molar refractivity (Wildman–Crippen MR) is 99.7 cm³/mol. The standard InChI is InChI=1S/C24F20I/c25-1-5(29)13(37)21(14(38)6(1)30)45(22-15(39)7(31)2(26)8(32)16(22)40,23-17(41)9(33)3(27)10(34)18(23)42)24-19(43)11(35)4(28)12(36)20(24)44/q+1. The van der Waals surface area contributed by atoms with Crippen LogP contribution in [-0.2, 0) is 0 Å². The molecule has 0 saturated heterocycles. The van der Waals surface area contributed by atoms with Gasteiger partial charge >= 0.3 is 237 Å². The Bertz CT molecular complexity index is 1570. The molecule has 0 aliphatic rings. The maximum atomic E-state index is 15.4. The summed E-state index contributed by atoms with van der Waals surface area (Å²) in [6, 6.07) is 0. The van der Waals surface area contributed by atoms with Gasteiger partial charge in [0.15, 0.2) is 0 Å². The quantitative estimate of drug-likeness (QED) is 0.112. The van der Waals surface area contributed by atoms with Crippen LogP contribution in [0.5, 0.6) is 0 Å². The molecule has 0 bridgehead atoms. The fourth-order valence-corrected chi connectivity index (χ4v) is 14.7. The second kappa shape index (κ2) is 11.2. The summed E-state index contributed by atoms with van der Waals surface area (Å²) in [5.41, 5.74) is 0. The molecule has 0 unspecified atom stereocenters. The molecule has 4 rings (SSSR count). The van der Waals surface area contributed by atoms with Gasteiger partial charge in [-0.2, -0.15) is 0 Å². The SMILES string of the molecule is Fc1c(F)c(F)c([I+](c2c(F)c(F)c(F)c(F)c2F)(c2c(F)c(F)c(F)c(F)c2F)c2c(F)c(F)c(F)c(F)c2F)c(F)c1F. The molecule has 0 fully saturated rings. The van der Waals surface area contributed by atoms with Gasteiger partial charge in [-0.1, -0.05) is 0 Å². The zero-order valence-electron chi connectivity index (χ0n) is 19.9. The van der Waals surface area contributed by atoms with E-state index in [0.717, 1.165) is 0 Å². The van der Waals surface area contributed by atoms with Crippen LogP contribution in [0, 0.1) is 131 Å². The van der Waals surface area contributed by atoms with Crippen molar-refractivity contribution in [2.45, 2.75) is 0 Å². The van der Waals surface area contributed by atoms with Gasteiger partial charge in [0.05, 0.1) is 0 Å². The van der Waals surface area contributed by atoms with Crippen LogP contribution in [-0.4, -0.2) is 0 Å².